The van der Waals surface area contributed by atoms with Gasteiger partial charge in [-0.25, -0.2) is 9.97 Å². The van der Waals surface area contributed by atoms with Crippen LogP contribution in [0.15, 0.2) is 12.4 Å². The van der Waals surface area contributed by atoms with Crippen molar-refractivity contribution >= 4 is 0 Å². The summed E-state index contributed by atoms with van der Waals surface area (Å²) in [6.45, 7) is 1.23. The minimum absolute atomic E-state index is 0.113. The lowest BCUT2D eigenvalue weighted by atomic mass is 10.1. The van der Waals surface area contributed by atoms with Gasteiger partial charge < -0.3 is 9.47 Å². The van der Waals surface area contributed by atoms with Gasteiger partial charge >= 0.3 is 0 Å². The highest BCUT2D eigenvalue weighted by molar-refractivity contribution is 5.29. The minimum Gasteiger partial charge on any atom is -0.473 e. The summed E-state index contributed by atoms with van der Waals surface area (Å²) < 4.78 is 11.0. The molecule has 1 aromatic heterocycles. The molecule has 0 saturated carbocycles. The van der Waals surface area contributed by atoms with Crippen LogP contribution in [0.5, 0.6) is 5.88 Å². The summed E-state index contributed by atoms with van der Waals surface area (Å²) in [5, 5.41) is 8.79. The monoisotopic (exact) mass is 219 g/mol. The summed E-state index contributed by atoms with van der Waals surface area (Å²) in [4.78, 5) is 7.84. The van der Waals surface area contributed by atoms with Gasteiger partial charge in [0.15, 0.2) is 0 Å². The summed E-state index contributed by atoms with van der Waals surface area (Å²) in [5.41, 5.74) is 0.221. The summed E-state index contributed by atoms with van der Waals surface area (Å²) in [7, 11) is 0. The van der Waals surface area contributed by atoms with Gasteiger partial charge in [-0.3, -0.25) is 0 Å². The standard InChI is InChI=1S/C11H13N3O2/c12-7-10-11(14-5-4-13-10)16-8-9-3-1-2-6-15-9/h4-5,9H,1-3,6,8H2. The number of hydrogen-bond donors (Lipinski definition) is 0. The van der Waals surface area contributed by atoms with Crippen LogP contribution in [0, 0.1) is 11.3 Å². The largest absolute Gasteiger partial charge is 0.473 e. The summed E-state index contributed by atoms with van der Waals surface area (Å²) >= 11 is 0. The van der Waals surface area contributed by atoms with Crippen LogP contribution in [0.4, 0.5) is 0 Å². The second kappa shape index (κ2) is 5.42. The zero-order chi connectivity index (χ0) is 11.2. The second-order valence-corrected chi connectivity index (χ2v) is 3.62. The van der Waals surface area contributed by atoms with E-state index in [1.807, 2.05) is 6.07 Å². The van der Waals surface area contributed by atoms with Crippen molar-refractivity contribution in [2.75, 3.05) is 13.2 Å². The smallest absolute Gasteiger partial charge is 0.251 e. The normalized spacial score (nSPS) is 20.1. The predicted octanol–water partition coefficient (Wildman–Crippen LogP) is 1.30. The molecule has 0 spiro atoms. The number of aromatic nitrogens is 2. The Morgan fingerprint density at radius 3 is 3.06 bits per heavy atom. The molecule has 0 bridgehead atoms. The highest BCUT2D eigenvalue weighted by atomic mass is 16.5. The predicted molar refractivity (Wildman–Crippen MR) is 55.8 cm³/mol. The molecule has 0 radical (unpaired) electrons. The fraction of sp³-hybridized carbons (Fsp3) is 0.545. The molecule has 0 N–H and O–H groups in total. The summed E-state index contributed by atoms with van der Waals surface area (Å²) in [6.07, 6.45) is 6.38. The molecule has 1 fully saturated rings. The van der Waals surface area contributed by atoms with Crippen molar-refractivity contribution in [1.82, 2.24) is 9.97 Å². The first-order chi connectivity index (χ1) is 7.90. The first-order valence-electron chi connectivity index (χ1n) is 5.35. The third-order valence-corrected chi connectivity index (χ3v) is 2.45. The van der Waals surface area contributed by atoms with E-state index in [9.17, 15) is 0 Å². The Kier molecular flexibility index (Phi) is 3.67. The van der Waals surface area contributed by atoms with Gasteiger partial charge in [0.2, 0.25) is 5.69 Å². The van der Waals surface area contributed by atoms with Crippen LogP contribution < -0.4 is 4.74 Å². The van der Waals surface area contributed by atoms with Crippen LogP contribution in [-0.2, 0) is 4.74 Å². The lowest BCUT2D eigenvalue weighted by molar-refractivity contribution is -0.0120. The van der Waals surface area contributed by atoms with E-state index >= 15 is 0 Å². The van der Waals surface area contributed by atoms with Gasteiger partial charge in [-0.05, 0) is 19.3 Å². The van der Waals surface area contributed by atoms with Crippen molar-refractivity contribution in [2.24, 2.45) is 0 Å². The Morgan fingerprint density at radius 2 is 2.31 bits per heavy atom. The maximum Gasteiger partial charge on any atom is 0.251 e. The van der Waals surface area contributed by atoms with Crippen LogP contribution in [0.1, 0.15) is 25.0 Å². The zero-order valence-electron chi connectivity index (χ0n) is 8.93. The molecular weight excluding hydrogens is 206 g/mol. The maximum atomic E-state index is 8.79. The number of rotatable bonds is 3. The molecule has 1 unspecified atom stereocenters. The van der Waals surface area contributed by atoms with Crippen LogP contribution in [0.25, 0.3) is 0 Å². The Bertz CT molecular complexity index is 383. The Hall–Kier alpha value is -1.67. The number of nitriles is 1. The molecule has 5 heteroatoms. The lowest BCUT2D eigenvalue weighted by Crippen LogP contribution is -2.26. The first-order valence-corrected chi connectivity index (χ1v) is 5.35. The summed E-state index contributed by atoms with van der Waals surface area (Å²) in [6, 6.07) is 1.94. The van der Waals surface area contributed by atoms with E-state index in [4.69, 9.17) is 14.7 Å². The molecule has 0 aromatic carbocycles. The zero-order valence-corrected chi connectivity index (χ0v) is 8.93. The van der Waals surface area contributed by atoms with Crippen molar-refractivity contribution in [3.63, 3.8) is 0 Å². The molecule has 1 saturated heterocycles. The van der Waals surface area contributed by atoms with Crippen molar-refractivity contribution in [2.45, 2.75) is 25.4 Å². The van der Waals surface area contributed by atoms with E-state index in [2.05, 4.69) is 9.97 Å². The number of ether oxygens (including phenoxy) is 2. The molecular formula is C11H13N3O2. The van der Waals surface area contributed by atoms with Gasteiger partial charge in [0.1, 0.15) is 12.7 Å². The Morgan fingerprint density at radius 1 is 1.44 bits per heavy atom. The Labute approximate surface area is 94.0 Å². The average molecular weight is 219 g/mol. The molecule has 1 aromatic rings. The van der Waals surface area contributed by atoms with Crippen molar-refractivity contribution in [3.05, 3.63) is 18.1 Å². The van der Waals surface area contributed by atoms with Gasteiger partial charge in [0.05, 0.1) is 6.10 Å². The average Bonchev–Trinajstić information content (AvgIpc) is 2.38. The molecule has 1 aliphatic rings. The third kappa shape index (κ3) is 2.67. The van der Waals surface area contributed by atoms with Crippen molar-refractivity contribution in [1.29, 1.82) is 5.26 Å². The highest BCUT2D eigenvalue weighted by Gasteiger charge is 2.15. The third-order valence-electron chi connectivity index (χ3n) is 2.45. The summed E-state index contributed by atoms with van der Waals surface area (Å²) in [5.74, 6) is 0.291. The van der Waals surface area contributed by atoms with E-state index in [1.165, 1.54) is 18.8 Å². The SMILES string of the molecule is N#Cc1nccnc1OCC1CCCCO1. The quantitative estimate of drug-likeness (QED) is 0.766. The van der Waals surface area contributed by atoms with E-state index in [0.717, 1.165) is 19.4 Å². The van der Waals surface area contributed by atoms with Gasteiger partial charge in [0.25, 0.3) is 5.88 Å². The van der Waals surface area contributed by atoms with Gasteiger partial charge in [0, 0.05) is 19.0 Å². The van der Waals surface area contributed by atoms with E-state index in [0.29, 0.717) is 12.5 Å². The fourth-order valence-corrected chi connectivity index (χ4v) is 1.62. The van der Waals surface area contributed by atoms with E-state index < -0.39 is 0 Å². The van der Waals surface area contributed by atoms with Gasteiger partial charge in [-0.1, -0.05) is 0 Å². The molecule has 16 heavy (non-hydrogen) atoms. The van der Waals surface area contributed by atoms with Crippen LogP contribution in [0.2, 0.25) is 0 Å². The molecule has 2 heterocycles. The second-order valence-electron chi connectivity index (χ2n) is 3.62. The van der Waals surface area contributed by atoms with E-state index in [1.54, 1.807) is 0 Å². The highest BCUT2D eigenvalue weighted by Crippen LogP contribution is 2.15. The molecule has 0 aliphatic carbocycles. The first kappa shape index (κ1) is 10.8. The van der Waals surface area contributed by atoms with Gasteiger partial charge in [-0.2, -0.15) is 5.26 Å². The molecule has 0 amide bonds. The number of nitrogens with zero attached hydrogens (tertiary/aromatic N) is 3. The molecule has 1 atom stereocenters. The Balaban J connectivity index is 1.91. The topological polar surface area (TPSA) is 68.0 Å². The molecule has 2 rings (SSSR count). The van der Waals surface area contributed by atoms with Crippen LogP contribution >= 0.6 is 0 Å². The van der Waals surface area contributed by atoms with Crippen LogP contribution in [-0.4, -0.2) is 29.3 Å². The molecule has 1 aliphatic heterocycles. The molecule has 84 valence electrons. The van der Waals surface area contributed by atoms with Crippen molar-refractivity contribution in [3.8, 4) is 11.9 Å². The van der Waals surface area contributed by atoms with E-state index in [-0.39, 0.29) is 11.8 Å². The van der Waals surface area contributed by atoms with Crippen LogP contribution in [0.3, 0.4) is 0 Å². The molecule has 5 nitrogen and oxygen atoms in total. The minimum atomic E-state index is 0.113. The fourth-order valence-electron chi connectivity index (χ4n) is 1.62. The maximum absolute atomic E-state index is 8.79. The lowest BCUT2D eigenvalue weighted by Gasteiger charge is -2.22. The van der Waals surface area contributed by atoms with Crippen molar-refractivity contribution < 1.29 is 9.47 Å². The van der Waals surface area contributed by atoms with Gasteiger partial charge in [-0.15, -0.1) is 0 Å². The number of hydrogen-bond acceptors (Lipinski definition) is 5.